The van der Waals surface area contributed by atoms with Crippen molar-refractivity contribution in [3.8, 4) is 0 Å². The van der Waals surface area contributed by atoms with E-state index in [1.165, 1.54) is 6.20 Å². The van der Waals surface area contributed by atoms with Crippen molar-refractivity contribution < 1.29 is 4.79 Å². The van der Waals surface area contributed by atoms with Crippen molar-refractivity contribution in [2.75, 3.05) is 0 Å². The topological polar surface area (TPSA) is 46.1 Å². The molecule has 0 unspecified atom stereocenters. The summed E-state index contributed by atoms with van der Waals surface area (Å²) in [5, 5.41) is 7.24. The summed E-state index contributed by atoms with van der Waals surface area (Å²) in [6.07, 6.45) is 1.50. The van der Waals surface area contributed by atoms with Crippen LogP contribution in [0, 0.1) is 0 Å². The van der Waals surface area contributed by atoms with Crippen LogP contribution in [0.25, 0.3) is 5.70 Å². The lowest BCUT2D eigenvalue weighted by atomic mass is 10.2. The zero-order chi connectivity index (χ0) is 8.72. The third-order valence-corrected chi connectivity index (χ3v) is 1.74. The number of rotatable bonds is 0. The molecule has 0 N–H and O–H groups in total. The van der Waals surface area contributed by atoms with Crippen LogP contribution in [0.3, 0.4) is 0 Å². The molecule has 0 aromatic carbocycles. The Labute approximate surface area is 70.3 Å². The number of hydrogen-bond acceptors (Lipinski definition) is 3. The van der Waals surface area contributed by atoms with Gasteiger partial charge >= 0.3 is 0 Å². The summed E-state index contributed by atoms with van der Waals surface area (Å²) in [7, 11) is 5.39. The van der Waals surface area contributed by atoms with Gasteiger partial charge in [0.15, 0.2) is 5.69 Å². The van der Waals surface area contributed by atoms with Crippen molar-refractivity contribution in [3.63, 3.8) is 0 Å². The number of carbonyl (C=O) groups excluding carboxylic acids is 1. The summed E-state index contributed by atoms with van der Waals surface area (Å²) in [5.41, 5.74) is 1.38. The quantitative estimate of drug-likeness (QED) is 0.497. The number of amides is 1. The van der Waals surface area contributed by atoms with Gasteiger partial charge in [-0.2, -0.15) is 5.10 Å². The molecular formula is C7H4BN3O. The molecule has 2 radical (unpaired) electrons. The molecule has 2 heterocycles. The Bertz CT molecular complexity index is 342. The van der Waals surface area contributed by atoms with Crippen molar-refractivity contribution in [1.82, 2.24) is 15.0 Å². The molecule has 5 heteroatoms. The molecule has 0 fully saturated rings. The molecule has 2 rings (SSSR count). The average molecular weight is 157 g/mol. The summed E-state index contributed by atoms with van der Waals surface area (Å²) in [6, 6.07) is 1.66. The van der Waals surface area contributed by atoms with Crippen LogP contribution in [-0.2, 0) is 0 Å². The van der Waals surface area contributed by atoms with E-state index in [1.807, 2.05) is 0 Å². The maximum absolute atomic E-state index is 11.2. The second-order valence-electron chi connectivity index (χ2n) is 2.42. The molecule has 12 heavy (non-hydrogen) atoms. The van der Waals surface area contributed by atoms with Gasteiger partial charge in [-0.05, 0) is 6.07 Å². The van der Waals surface area contributed by atoms with E-state index < -0.39 is 0 Å². The molecule has 1 aliphatic heterocycles. The molecule has 4 nitrogen and oxygen atoms in total. The standard InChI is InChI=1S/C7H4BN3O/c1-4-5-2-3-9-10-6(5)7(12)11(4)8/h2-3H,1H2. The van der Waals surface area contributed by atoms with Gasteiger partial charge in [-0.1, -0.05) is 6.58 Å². The van der Waals surface area contributed by atoms with Crippen LogP contribution in [0.1, 0.15) is 16.1 Å². The molecular weight excluding hydrogens is 153 g/mol. The Hall–Kier alpha value is -1.65. The Balaban J connectivity index is 2.67. The fourth-order valence-corrected chi connectivity index (χ4v) is 1.09. The van der Waals surface area contributed by atoms with Gasteiger partial charge < -0.3 is 4.81 Å². The van der Waals surface area contributed by atoms with Gasteiger partial charge in [0.2, 0.25) is 7.98 Å². The molecule has 56 valence electrons. The van der Waals surface area contributed by atoms with Crippen LogP contribution in [-0.4, -0.2) is 28.9 Å². The Morgan fingerprint density at radius 1 is 1.58 bits per heavy atom. The Kier molecular flexibility index (Phi) is 1.27. The van der Waals surface area contributed by atoms with Gasteiger partial charge in [-0.25, -0.2) is 0 Å². The minimum Gasteiger partial charge on any atom is -0.364 e. The zero-order valence-electron chi connectivity index (χ0n) is 6.19. The molecule has 1 amide bonds. The SMILES string of the molecule is [B]N1C(=C)c2ccnnc2C1=O. The van der Waals surface area contributed by atoms with Crippen molar-refractivity contribution in [2.24, 2.45) is 0 Å². The van der Waals surface area contributed by atoms with Crippen LogP contribution in [0.2, 0.25) is 0 Å². The van der Waals surface area contributed by atoms with E-state index in [1.54, 1.807) is 6.07 Å². The van der Waals surface area contributed by atoms with E-state index in [0.29, 0.717) is 11.3 Å². The maximum atomic E-state index is 11.2. The minimum absolute atomic E-state index is 0.269. The molecule has 0 atom stereocenters. The van der Waals surface area contributed by atoms with Gasteiger partial charge in [0, 0.05) is 11.3 Å². The first-order chi connectivity index (χ1) is 5.72. The number of fused-ring (bicyclic) bond motifs is 1. The van der Waals surface area contributed by atoms with Crippen molar-refractivity contribution >= 4 is 19.6 Å². The van der Waals surface area contributed by atoms with E-state index in [4.69, 9.17) is 7.98 Å². The first kappa shape index (κ1) is 7.03. The molecule has 1 aromatic heterocycles. The van der Waals surface area contributed by atoms with Crippen LogP contribution >= 0.6 is 0 Å². The highest BCUT2D eigenvalue weighted by Gasteiger charge is 2.28. The summed E-state index contributed by atoms with van der Waals surface area (Å²) in [5.74, 6) is -0.358. The first-order valence-corrected chi connectivity index (χ1v) is 3.32. The Morgan fingerprint density at radius 3 is 3.00 bits per heavy atom. The van der Waals surface area contributed by atoms with Gasteiger partial charge in [-0.15, -0.1) is 5.10 Å². The second kappa shape index (κ2) is 2.17. The van der Waals surface area contributed by atoms with E-state index in [2.05, 4.69) is 16.8 Å². The Morgan fingerprint density at radius 2 is 2.33 bits per heavy atom. The average Bonchev–Trinajstić information content (AvgIpc) is 2.33. The highest BCUT2D eigenvalue weighted by atomic mass is 16.2. The van der Waals surface area contributed by atoms with Gasteiger partial charge in [0.25, 0.3) is 5.91 Å². The summed E-state index contributed by atoms with van der Waals surface area (Å²) in [4.78, 5) is 12.2. The summed E-state index contributed by atoms with van der Waals surface area (Å²) < 4.78 is 0. The predicted octanol–water partition coefficient (Wildman–Crippen LogP) is -0.0134. The summed E-state index contributed by atoms with van der Waals surface area (Å²) in [6.45, 7) is 3.64. The van der Waals surface area contributed by atoms with Crippen molar-refractivity contribution in [1.29, 1.82) is 0 Å². The summed E-state index contributed by atoms with van der Waals surface area (Å²) >= 11 is 0. The largest absolute Gasteiger partial charge is 0.364 e. The monoisotopic (exact) mass is 157 g/mol. The first-order valence-electron chi connectivity index (χ1n) is 3.32. The lowest BCUT2D eigenvalue weighted by Gasteiger charge is -2.08. The van der Waals surface area contributed by atoms with E-state index >= 15 is 0 Å². The van der Waals surface area contributed by atoms with Crippen LogP contribution < -0.4 is 0 Å². The maximum Gasteiger partial charge on any atom is 0.266 e. The lowest BCUT2D eigenvalue weighted by Crippen LogP contribution is -2.19. The fraction of sp³-hybridized carbons (Fsp3) is 0. The molecule has 0 bridgehead atoms. The minimum atomic E-state index is -0.358. The predicted molar refractivity (Wildman–Crippen MR) is 43.0 cm³/mol. The van der Waals surface area contributed by atoms with Gasteiger partial charge in [0.1, 0.15) is 0 Å². The number of hydrogen-bond donors (Lipinski definition) is 0. The normalized spacial score (nSPS) is 15.2. The third kappa shape index (κ3) is 0.703. The molecule has 0 saturated carbocycles. The second-order valence-corrected chi connectivity index (χ2v) is 2.42. The van der Waals surface area contributed by atoms with Crippen molar-refractivity contribution in [2.45, 2.75) is 0 Å². The van der Waals surface area contributed by atoms with Gasteiger partial charge in [0.05, 0.1) is 6.20 Å². The highest BCUT2D eigenvalue weighted by Crippen LogP contribution is 2.26. The molecule has 0 spiro atoms. The molecule has 1 aromatic rings. The third-order valence-electron chi connectivity index (χ3n) is 1.74. The van der Waals surface area contributed by atoms with E-state index in [9.17, 15) is 4.79 Å². The van der Waals surface area contributed by atoms with Crippen molar-refractivity contribution in [3.05, 3.63) is 30.1 Å². The smallest absolute Gasteiger partial charge is 0.266 e. The van der Waals surface area contributed by atoms with Crippen LogP contribution in [0.4, 0.5) is 0 Å². The number of nitrogens with zero attached hydrogens (tertiary/aromatic N) is 3. The fourth-order valence-electron chi connectivity index (χ4n) is 1.09. The molecule has 0 aliphatic carbocycles. The number of aromatic nitrogens is 2. The van der Waals surface area contributed by atoms with Gasteiger partial charge in [-0.3, -0.25) is 4.79 Å². The van der Waals surface area contributed by atoms with Crippen LogP contribution in [0.5, 0.6) is 0 Å². The highest BCUT2D eigenvalue weighted by molar-refractivity contribution is 6.26. The molecule has 1 aliphatic rings. The van der Waals surface area contributed by atoms with E-state index in [0.717, 1.165) is 4.81 Å². The zero-order valence-corrected chi connectivity index (χ0v) is 6.19. The molecule has 0 saturated heterocycles. The number of carbonyl (C=O) groups is 1. The van der Waals surface area contributed by atoms with E-state index in [-0.39, 0.29) is 11.6 Å². The van der Waals surface area contributed by atoms with Crippen LogP contribution in [0.15, 0.2) is 18.8 Å². The lowest BCUT2D eigenvalue weighted by molar-refractivity contribution is 0.0912.